The summed E-state index contributed by atoms with van der Waals surface area (Å²) in [6.07, 6.45) is 6.21. The van der Waals surface area contributed by atoms with Crippen molar-refractivity contribution in [1.29, 1.82) is 0 Å². The average Bonchev–Trinajstić information content (AvgIpc) is 3.00. The molecule has 0 spiro atoms. The summed E-state index contributed by atoms with van der Waals surface area (Å²) >= 11 is 0. The van der Waals surface area contributed by atoms with Gasteiger partial charge in [0.1, 0.15) is 11.5 Å². The van der Waals surface area contributed by atoms with Crippen molar-refractivity contribution in [2.45, 2.75) is 12.6 Å². The fraction of sp³-hybridized carbons (Fsp3) is 0.0909. The van der Waals surface area contributed by atoms with E-state index in [0.717, 1.165) is 5.56 Å². The first-order valence-electron chi connectivity index (χ1n) is 8.93. The molecule has 1 amide bonds. The number of aromatic hydroxyl groups is 1. The number of aromatic nitrogens is 2. The Morgan fingerprint density at radius 2 is 1.48 bits per heavy atom. The molecule has 1 aliphatic rings. The summed E-state index contributed by atoms with van der Waals surface area (Å²) in [7, 11) is 0. The Morgan fingerprint density at radius 3 is 2.10 bits per heavy atom. The van der Waals surface area contributed by atoms with Crippen molar-refractivity contribution in [1.82, 2.24) is 14.9 Å². The van der Waals surface area contributed by atoms with Gasteiger partial charge in [-0.3, -0.25) is 19.6 Å². The predicted molar refractivity (Wildman–Crippen MR) is 104 cm³/mol. The van der Waals surface area contributed by atoms with Crippen molar-refractivity contribution in [3.05, 3.63) is 95.6 Å². The topological polar surface area (TPSA) is 104 Å². The zero-order chi connectivity index (χ0) is 20.4. The number of carbonyl (C=O) groups is 2. The number of carbonyl (C=O) groups excluding carboxylic acids is 2. The van der Waals surface area contributed by atoms with Gasteiger partial charge in [0.15, 0.2) is 0 Å². The summed E-state index contributed by atoms with van der Waals surface area (Å²) in [6, 6.07) is 12.1. The lowest BCUT2D eigenvalue weighted by molar-refractivity contribution is -0.140. The maximum atomic E-state index is 12.9. The van der Waals surface area contributed by atoms with Crippen LogP contribution in [0.15, 0.2) is 78.9 Å². The largest absolute Gasteiger partial charge is 0.508 e. The molecule has 3 aromatic rings. The van der Waals surface area contributed by atoms with Crippen LogP contribution in [-0.2, 0) is 16.1 Å². The monoisotopic (exact) mass is 387 g/mol. The second kappa shape index (κ2) is 7.55. The fourth-order valence-electron chi connectivity index (χ4n) is 3.40. The number of Topliss-reactive ketones (excluding diaryl/α,β-unsaturated/α-hetero) is 1. The number of phenols is 1. The quantitative estimate of drug-likeness (QED) is 0.405. The molecule has 144 valence electrons. The molecule has 1 aliphatic heterocycles. The number of aliphatic hydroxyl groups is 1. The van der Waals surface area contributed by atoms with Gasteiger partial charge in [-0.25, -0.2) is 0 Å². The summed E-state index contributed by atoms with van der Waals surface area (Å²) in [4.78, 5) is 35.0. The number of hydrogen-bond donors (Lipinski definition) is 2. The van der Waals surface area contributed by atoms with Crippen LogP contribution in [0, 0.1) is 0 Å². The number of pyridine rings is 2. The van der Waals surface area contributed by atoms with E-state index in [1.165, 1.54) is 29.4 Å². The van der Waals surface area contributed by atoms with Gasteiger partial charge in [-0.2, -0.15) is 0 Å². The maximum Gasteiger partial charge on any atom is 0.295 e. The van der Waals surface area contributed by atoms with Gasteiger partial charge in [0.05, 0.1) is 11.6 Å². The van der Waals surface area contributed by atoms with Crippen LogP contribution in [0.25, 0.3) is 5.76 Å². The van der Waals surface area contributed by atoms with Crippen molar-refractivity contribution >= 4 is 17.4 Å². The Labute approximate surface area is 166 Å². The Balaban J connectivity index is 1.86. The average molecular weight is 387 g/mol. The van der Waals surface area contributed by atoms with Crippen molar-refractivity contribution in [3.8, 4) is 5.75 Å². The molecule has 0 aliphatic carbocycles. The summed E-state index contributed by atoms with van der Waals surface area (Å²) in [5.74, 6) is -1.66. The van der Waals surface area contributed by atoms with Crippen LogP contribution >= 0.6 is 0 Å². The van der Waals surface area contributed by atoms with Crippen LogP contribution < -0.4 is 0 Å². The number of ketones is 1. The highest BCUT2D eigenvalue weighted by molar-refractivity contribution is 6.46. The lowest BCUT2D eigenvalue weighted by Gasteiger charge is -2.25. The molecule has 1 unspecified atom stereocenters. The van der Waals surface area contributed by atoms with Gasteiger partial charge in [-0.05, 0) is 47.5 Å². The lowest BCUT2D eigenvalue weighted by Crippen LogP contribution is -2.29. The highest BCUT2D eigenvalue weighted by atomic mass is 16.3. The number of benzene rings is 1. The first kappa shape index (κ1) is 18.4. The number of hydrogen-bond acceptors (Lipinski definition) is 6. The van der Waals surface area contributed by atoms with Gasteiger partial charge in [-0.15, -0.1) is 0 Å². The zero-order valence-electron chi connectivity index (χ0n) is 15.3. The van der Waals surface area contributed by atoms with Gasteiger partial charge in [0.25, 0.3) is 11.7 Å². The Kier molecular flexibility index (Phi) is 4.78. The molecule has 0 bridgehead atoms. The summed E-state index contributed by atoms with van der Waals surface area (Å²) < 4.78 is 0. The van der Waals surface area contributed by atoms with Crippen molar-refractivity contribution in [2.75, 3.05) is 0 Å². The summed E-state index contributed by atoms with van der Waals surface area (Å²) in [5.41, 5.74) is 1.80. The molecular weight excluding hydrogens is 370 g/mol. The zero-order valence-corrected chi connectivity index (χ0v) is 15.3. The molecule has 29 heavy (non-hydrogen) atoms. The second-order valence-corrected chi connectivity index (χ2v) is 6.61. The lowest BCUT2D eigenvalue weighted by atomic mass is 9.95. The van der Waals surface area contributed by atoms with E-state index < -0.39 is 17.7 Å². The van der Waals surface area contributed by atoms with Gasteiger partial charge in [0, 0.05) is 36.9 Å². The molecule has 4 rings (SSSR count). The maximum absolute atomic E-state index is 12.9. The summed E-state index contributed by atoms with van der Waals surface area (Å²) in [5, 5.41) is 20.5. The van der Waals surface area contributed by atoms with Crippen LogP contribution in [0.5, 0.6) is 5.75 Å². The molecule has 7 nitrogen and oxygen atoms in total. The second-order valence-electron chi connectivity index (χ2n) is 6.61. The van der Waals surface area contributed by atoms with Gasteiger partial charge in [0.2, 0.25) is 0 Å². The minimum Gasteiger partial charge on any atom is -0.508 e. The molecule has 0 radical (unpaired) electrons. The van der Waals surface area contributed by atoms with Crippen molar-refractivity contribution in [2.24, 2.45) is 0 Å². The van der Waals surface area contributed by atoms with Crippen LogP contribution in [0.4, 0.5) is 0 Å². The number of phenolic OH excluding ortho intramolecular Hbond substituents is 1. The predicted octanol–water partition coefficient (Wildman–Crippen LogP) is 2.80. The molecule has 0 saturated carbocycles. The molecule has 1 aromatic carbocycles. The van der Waals surface area contributed by atoms with Crippen molar-refractivity contribution < 1.29 is 19.8 Å². The van der Waals surface area contributed by atoms with Crippen LogP contribution in [0.3, 0.4) is 0 Å². The van der Waals surface area contributed by atoms with E-state index in [4.69, 9.17) is 0 Å². The first-order valence-corrected chi connectivity index (χ1v) is 8.93. The van der Waals surface area contributed by atoms with E-state index in [0.29, 0.717) is 11.1 Å². The third kappa shape index (κ3) is 3.45. The molecule has 3 heterocycles. The highest BCUT2D eigenvalue weighted by Gasteiger charge is 2.46. The number of aliphatic hydroxyl groups excluding tert-OH is 1. The molecule has 1 fully saturated rings. The molecular formula is C22H17N3O4. The van der Waals surface area contributed by atoms with Crippen LogP contribution in [0.1, 0.15) is 22.7 Å². The van der Waals surface area contributed by atoms with Crippen molar-refractivity contribution in [3.63, 3.8) is 0 Å². The molecule has 2 N–H and O–H groups in total. The minimum absolute atomic E-state index is 0.000876. The molecule has 1 atom stereocenters. The Bertz CT molecular complexity index is 1080. The third-order valence-corrected chi connectivity index (χ3v) is 4.80. The van der Waals surface area contributed by atoms with Crippen LogP contribution in [0.2, 0.25) is 0 Å². The fourth-order valence-corrected chi connectivity index (χ4v) is 3.40. The minimum atomic E-state index is -0.795. The van der Waals surface area contributed by atoms with E-state index in [1.54, 1.807) is 48.8 Å². The van der Waals surface area contributed by atoms with E-state index in [1.807, 2.05) is 0 Å². The van der Waals surface area contributed by atoms with Gasteiger partial charge < -0.3 is 15.1 Å². The van der Waals surface area contributed by atoms with E-state index in [9.17, 15) is 19.8 Å². The van der Waals surface area contributed by atoms with E-state index >= 15 is 0 Å². The Morgan fingerprint density at radius 1 is 0.897 bits per heavy atom. The molecule has 7 heteroatoms. The highest BCUT2D eigenvalue weighted by Crippen LogP contribution is 2.40. The van der Waals surface area contributed by atoms with E-state index in [2.05, 4.69) is 9.97 Å². The molecule has 1 saturated heterocycles. The third-order valence-electron chi connectivity index (χ3n) is 4.80. The standard InChI is InChI=1S/C22H17N3O4/c26-17-3-1-15(2-4-17)19-18(20(27)16-7-11-24-12-8-16)21(28)22(29)25(19)13-14-5-9-23-10-6-14/h1-12,19,26-27H,13H2/b20-18+. The number of rotatable bonds is 4. The molecule has 2 aromatic heterocycles. The number of likely N-dealkylation sites (tertiary alicyclic amines) is 1. The SMILES string of the molecule is O=C1C(=O)N(Cc2ccncc2)C(c2ccc(O)cc2)/C1=C(\O)c1ccncc1. The number of nitrogens with zero attached hydrogens (tertiary/aromatic N) is 3. The Hall–Kier alpha value is -4.00. The summed E-state index contributed by atoms with van der Waals surface area (Å²) in [6.45, 7) is 0.172. The number of amides is 1. The smallest absolute Gasteiger partial charge is 0.295 e. The van der Waals surface area contributed by atoms with E-state index in [-0.39, 0.29) is 23.6 Å². The first-order chi connectivity index (χ1) is 14.1. The normalized spacial score (nSPS) is 18.2. The van der Waals surface area contributed by atoms with Gasteiger partial charge >= 0.3 is 0 Å². The van der Waals surface area contributed by atoms with Gasteiger partial charge in [-0.1, -0.05) is 12.1 Å². The van der Waals surface area contributed by atoms with Crippen LogP contribution in [-0.4, -0.2) is 36.8 Å².